The Morgan fingerprint density at radius 2 is 1.65 bits per heavy atom. The summed E-state index contributed by atoms with van der Waals surface area (Å²) >= 11 is 0. The number of hydrogen-bond acceptors (Lipinski definition) is 4. The normalized spacial score (nSPS) is 19.7. The Kier molecular flexibility index (Phi) is 8.36. The van der Waals surface area contributed by atoms with Crippen LogP contribution in [0.2, 0.25) is 0 Å². The summed E-state index contributed by atoms with van der Waals surface area (Å²) in [6.45, 7) is 5.84. The molecule has 1 aromatic rings. The van der Waals surface area contributed by atoms with E-state index < -0.39 is 29.4 Å². The molecular weight excluding hydrogens is 490 g/mol. The smallest absolute Gasteiger partial charge is 0.340 e. The Morgan fingerprint density at radius 1 is 0.973 bits per heavy atom. The highest BCUT2D eigenvalue weighted by Crippen LogP contribution is 2.35. The third-order valence-electron chi connectivity index (χ3n) is 7.74. The van der Waals surface area contributed by atoms with Crippen molar-refractivity contribution in [3.8, 4) is 0 Å². The first-order valence-corrected chi connectivity index (χ1v) is 13.0. The Hall–Kier alpha value is -2.75. The maximum Gasteiger partial charge on any atom is 0.419 e. The van der Waals surface area contributed by atoms with E-state index in [-0.39, 0.29) is 17.2 Å². The third kappa shape index (κ3) is 6.05. The van der Waals surface area contributed by atoms with Crippen LogP contribution >= 0.6 is 0 Å². The van der Waals surface area contributed by atoms with Crippen molar-refractivity contribution in [1.82, 2.24) is 9.80 Å². The highest BCUT2D eigenvalue weighted by molar-refractivity contribution is 6.32. The van der Waals surface area contributed by atoms with Crippen molar-refractivity contribution in [1.29, 1.82) is 0 Å². The van der Waals surface area contributed by atoms with Gasteiger partial charge in [0.15, 0.2) is 0 Å². The van der Waals surface area contributed by atoms with Crippen molar-refractivity contribution in [3.05, 3.63) is 40.7 Å². The fourth-order valence-electron chi connectivity index (χ4n) is 5.18. The third-order valence-corrected chi connectivity index (χ3v) is 7.74. The molecular formula is C27H33F4N3O3. The molecule has 6 nitrogen and oxygen atoms in total. The van der Waals surface area contributed by atoms with E-state index >= 15 is 0 Å². The molecule has 1 aliphatic carbocycles. The van der Waals surface area contributed by atoms with E-state index in [1.54, 1.807) is 0 Å². The topological polar surface area (TPSA) is 60.9 Å². The van der Waals surface area contributed by atoms with Gasteiger partial charge >= 0.3 is 6.18 Å². The number of anilines is 1. The summed E-state index contributed by atoms with van der Waals surface area (Å²) in [6.07, 6.45) is 2.28. The van der Waals surface area contributed by atoms with E-state index in [4.69, 9.17) is 0 Å². The number of nitrogens with zero attached hydrogens (tertiary/aromatic N) is 3. The predicted molar refractivity (Wildman–Crippen MR) is 130 cm³/mol. The summed E-state index contributed by atoms with van der Waals surface area (Å²) in [5.74, 6) is -2.19. The van der Waals surface area contributed by atoms with Crippen molar-refractivity contribution in [2.75, 3.05) is 37.6 Å². The molecule has 37 heavy (non-hydrogen) atoms. The molecule has 2 aliphatic heterocycles. The highest BCUT2D eigenvalue weighted by Gasteiger charge is 2.39. The zero-order valence-corrected chi connectivity index (χ0v) is 21.1. The van der Waals surface area contributed by atoms with E-state index in [0.29, 0.717) is 36.5 Å². The maximum atomic E-state index is 14.0. The number of halogens is 4. The number of alkyl halides is 3. The number of carbonyl (C=O) groups is 3. The molecule has 3 aliphatic rings. The second-order valence-electron chi connectivity index (χ2n) is 10.2. The van der Waals surface area contributed by atoms with Gasteiger partial charge in [0.25, 0.3) is 11.8 Å². The molecule has 1 saturated carbocycles. The lowest BCUT2D eigenvalue weighted by Crippen LogP contribution is -2.51. The molecule has 0 aromatic heterocycles. The van der Waals surface area contributed by atoms with Crippen LogP contribution in [-0.2, 0) is 20.6 Å². The number of unbranched alkanes of at least 4 members (excludes halogenated alkanes) is 3. The number of amides is 3. The first kappa shape index (κ1) is 27.3. The quantitative estimate of drug-likeness (QED) is 0.262. The van der Waals surface area contributed by atoms with Gasteiger partial charge in [0.1, 0.15) is 5.82 Å². The Morgan fingerprint density at radius 3 is 2.24 bits per heavy atom. The van der Waals surface area contributed by atoms with Crippen LogP contribution in [0, 0.1) is 11.7 Å². The molecule has 0 spiro atoms. The van der Waals surface area contributed by atoms with Gasteiger partial charge in [-0.25, -0.2) is 9.29 Å². The Labute approximate surface area is 214 Å². The van der Waals surface area contributed by atoms with Gasteiger partial charge in [-0.1, -0.05) is 19.3 Å². The number of hydrogen-bond donors (Lipinski definition) is 0. The minimum Gasteiger partial charge on any atom is -0.340 e. The van der Waals surface area contributed by atoms with E-state index in [9.17, 15) is 31.9 Å². The van der Waals surface area contributed by atoms with Gasteiger partial charge in [-0.2, -0.15) is 13.2 Å². The zero-order valence-electron chi connectivity index (χ0n) is 21.1. The molecule has 1 aromatic carbocycles. The van der Waals surface area contributed by atoms with Crippen molar-refractivity contribution in [2.45, 2.75) is 64.5 Å². The average Bonchev–Trinajstić information content (AvgIpc) is 3.02. The number of imide groups is 1. The van der Waals surface area contributed by atoms with Gasteiger partial charge in [-0.3, -0.25) is 19.3 Å². The second-order valence-corrected chi connectivity index (χ2v) is 10.2. The molecule has 10 heteroatoms. The van der Waals surface area contributed by atoms with Gasteiger partial charge in [0.05, 0.1) is 11.3 Å². The van der Waals surface area contributed by atoms with Crippen molar-refractivity contribution >= 4 is 23.4 Å². The van der Waals surface area contributed by atoms with Crippen LogP contribution < -0.4 is 4.90 Å². The summed E-state index contributed by atoms with van der Waals surface area (Å²) in [6, 6.07) is 2.07. The van der Waals surface area contributed by atoms with Crippen LogP contribution in [0.5, 0.6) is 0 Å². The summed E-state index contributed by atoms with van der Waals surface area (Å²) in [5, 5.41) is 0. The first-order chi connectivity index (χ1) is 17.6. The van der Waals surface area contributed by atoms with Gasteiger partial charge < -0.3 is 4.90 Å². The van der Waals surface area contributed by atoms with Gasteiger partial charge in [0, 0.05) is 43.2 Å². The predicted octanol–water partition coefficient (Wildman–Crippen LogP) is 4.93. The van der Waals surface area contributed by atoms with E-state index in [1.807, 2.05) is 4.90 Å². The first-order valence-electron chi connectivity index (χ1n) is 13.0. The molecule has 2 heterocycles. The van der Waals surface area contributed by atoms with Gasteiger partial charge in [0.2, 0.25) is 5.91 Å². The summed E-state index contributed by atoms with van der Waals surface area (Å²) in [4.78, 5) is 43.0. The molecule has 4 rings (SSSR count). The number of rotatable bonds is 9. The summed E-state index contributed by atoms with van der Waals surface area (Å²) in [5.41, 5.74) is -1.06. The van der Waals surface area contributed by atoms with Crippen LogP contribution in [0.4, 0.5) is 23.2 Å². The van der Waals surface area contributed by atoms with E-state index in [1.165, 1.54) is 6.92 Å². The van der Waals surface area contributed by atoms with E-state index in [0.717, 1.165) is 82.2 Å². The molecule has 0 radical (unpaired) electrons. The minimum atomic E-state index is -4.86. The second kappa shape index (κ2) is 11.3. The maximum absolute atomic E-state index is 14.0. The SMILES string of the molecule is CC1=C(CCCCCCN2CCN(C(=O)C3CCC3)CC2)C(=O)N(c2ccc(C(F)(F)F)c(F)c2)C1=O. The largest absolute Gasteiger partial charge is 0.419 e. The Balaban J connectivity index is 1.18. The van der Waals surface area contributed by atoms with Crippen LogP contribution in [0.25, 0.3) is 0 Å². The fourth-order valence-corrected chi connectivity index (χ4v) is 5.18. The molecule has 1 saturated heterocycles. The molecule has 0 N–H and O–H groups in total. The number of piperazine rings is 1. The van der Waals surface area contributed by atoms with Crippen molar-refractivity contribution in [3.63, 3.8) is 0 Å². The summed E-state index contributed by atoms with van der Waals surface area (Å²) < 4.78 is 52.5. The minimum absolute atomic E-state index is 0.204. The number of benzene rings is 1. The molecule has 0 bridgehead atoms. The fraction of sp³-hybridized carbons (Fsp3) is 0.593. The lowest BCUT2D eigenvalue weighted by Gasteiger charge is -2.38. The Bertz CT molecular complexity index is 1070. The molecule has 3 amide bonds. The van der Waals surface area contributed by atoms with Crippen molar-refractivity contribution in [2.24, 2.45) is 5.92 Å². The van der Waals surface area contributed by atoms with Crippen molar-refractivity contribution < 1.29 is 31.9 Å². The number of carbonyl (C=O) groups excluding carboxylic acids is 3. The monoisotopic (exact) mass is 523 g/mol. The molecule has 0 atom stereocenters. The molecule has 2 fully saturated rings. The lowest BCUT2D eigenvalue weighted by molar-refractivity contribution is -0.140. The molecule has 0 unspecified atom stereocenters. The highest BCUT2D eigenvalue weighted by atomic mass is 19.4. The van der Waals surface area contributed by atoms with Crippen LogP contribution in [0.15, 0.2) is 29.3 Å². The summed E-state index contributed by atoms with van der Waals surface area (Å²) in [7, 11) is 0. The lowest BCUT2D eigenvalue weighted by atomic mass is 9.84. The average molecular weight is 524 g/mol. The van der Waals surface area contributed by atoms with Crippen LogP contribution in [0.3, 0.4) is 0 Å². The van der Waals surface area contributed by atoms with Crippen LogP contribution in [0.1, 0.15) is 63.9 Å². The zero-order chi connectivity index (χ0) is 26.7. The molecule has 202 valence electrons. The van der Waals surface area contributed by atoms with Gasteiger partial charge in [-0.15, -0.1) is 0 Å². The standard InChI is InChI=1S/C27H33F4N3O3/c1-18-21(26(37)34(24(18)35)20-10-11-22(23(28)17-20)27(29,30)31)9-4-2-3-5-12-32-13-15-33(16-14-32)25(36)19-7-6-8-19/h10-11,17,19H,2-9,12-16H2,1H3. The van der Waals surface area contributed by atoms with Gasteiger partial charge in [-0.05, 0) is 63.8 Å². The van der Waals surface area contributed by atoms with Crippen LogP contribution in [-0.4, -0.2) is 60.2 Å². The van der Waals surface area contributed by atoms with E-state index in [2.05, 4.69) is 4.90 Å².